The number of esters is 2. The maximum absolute atomic E-state index is 11.5. The predicted molar refractivity (Wildman–Crippen MR) is 72.4 cm³/mol. The number of hydrogen-bond acceptors (Lipinski definition) is 4. The Balaban J connectivity index is 2.29. The zero-order valence-electron chi connectivity index (χ0n) is 12.2. The first-order valence-electron chi connectivity index (χ1n) is 6.94. The van der Waals surface area contributed by atoms with E-state index in [0.717, 1.165) is 0 Å². The van der Waals surface area contributed by atoms with E-state index in [-0.39, 0.29) is 36.0 Å². The average molecular weight is 268 g/mol. The molecule has 1 aliphatic carbocycles. The Morgan fingerprint density at radius 1 is 0.947 bits per heavy atom. The minimum Gasteiger partial charge on any atom is -0.458 e. The van der Waals surface area contributed by atoms with Crippen LogP contribution in [-0.4, -0.2) is 24.1 Å². The molecule has 0 saturated heterocycles. The Bertz CT molecular complexity index is 312. The largest absolute Gasteiger partial charge is 0.458 e. The van der Waals surface area contributed by atoms with Gasteiger partial charge >= 0.3 is 11.9 Å². The highest BCUT2D eigenvalue weighted by molar-refractivity contribution is 5.70. The van der Waals surface area contributed by atoms with Crippen molar-refractivity contribution >= 4 is 11.9 Å². The molecule has 2 atom stereocenters. The van der Waals surface area contributed by atoms with Crippen molar-refractivity contribution in [3.8, 4) is 0 Å². The van der Waals surface area contributed by atoms with Crippen LogP contribution in [-0.2, 0) is 19.1 Å². The van der Waals surface area contributed by atoms with Crippen LogP contribution in [0.1, 0.15) is 47.0 Å². The number of carbonyl (C=O) groups excluding carboxylic acids is 2. The van der Waals surface area contributed by atoms with Crippen LogP contribution in [0.2, 0.25) is 0 Å². The molecule has 0 aromatic heterocycles. The lowest BCUT2D eigenvalue weighted by Gasteiger charge is -2.15. The molecule has 108 valence electrons. The molecule has 4 nitrogen and oxygen atoms in total. The third-order valence-corrected chi connectivity index (χ3v) is 2.72. The van der Waals surface area contributed by atoms with E-state index < -0.39 is 0 Å². The molecule has 1 rings (SSSR count). The van der Waals surface area contributed by atoms with E-state index in [1.807, 2.05) is 27.7 Å². The topological polar surface area (TPSA) is 52.6 Å². The van der Waals surface area contributed by atoms with Crippen LogP contribution in [0, 0.1) is 11.8 Å². The van der Waals surface area contributed by atoms with Gasteiger partial charge in [0.05, 0.1) is 0 Å². The summed E-state index contributed by atoms with van der Waals surface area (Å²) in [6, 6.07) is 0. The van der Waals surface area contributed by atoms with Gasteiger partial charge in [0.15, 0.2) is 0 Å². The van der Waals surface area contributed by atoms with Crippen molar-refractivity contribution in [3.05, 3.63) is 12.2 Å². The van der Waals surface area contributed by atoms with Crippen LogP contribution in [0.15, 0.2) is 12.2 Å². The zero-order chi connectivity index (χ0) is 14.4. The summed E-state index contributed by atoms with van der Waals surface area (Å²) in [6.45, 7) is 7.90. The maximum atomic E-state index is 11.5. The molecule has 0 amide bonds. The van der Waals surface area contributed by atoms with Gasteiger partial charge in [0.25, 0.3) is 0 Å². The molecule has 0 radical (unpaired) electrons. The molecule has 0 N–H and O–H groups in total. The average Bonchev–Trinajstić information content (AvgIpc) is 2.62. The van der Waals surface area contributed by atoms with Crippen molar-refractivity contribution in [2.45, 2.75) is 59.2 Å². The minimum absolute atomic E-state index is 0.196. The number of ether oxygens (including phenoxy) is 2. The number of hydrogen-bond donors (Lipinski definition) is 0. The van der Waals surface area contributed by atoms with E-state index in [2.05, 4.69) is 0 Å². The van der Waals surface area contributed by atoms with Crippen molar-refractivity contribution in [2.75, 3.05) is 0 Å². The lowest BCUT2D eigenvalue weighted by atomic mass is 10.1. The van der Waals surface area contributed by atoms with Crippen LogP contribution in [0.25, 0.3) is 0 Å². The highest BCUT2D eigenvalue weighted by atomic mass is 16.6. The quantitative estimate of drug-likeness (QED) is 0.549. The van der Waals surface area contributed by atoms with Crippen LogP contribution in [0.5, 0.6) is 0 Å². The van der Waals surface area contributed by atoms with E-state index in [4.69, 9.17) is 9.47 Å². The van der Waals surface area contributed by atoms with Gasteiger partial charge in [0.1, 0.15) is 12.2 Å². The second-order valence-electron chi connectivity index (χ2n) is 5.87. The summed E-state index contributed by atoms with van der Waals surface area (Å²) in [4.78, 5) is 23.0. The van der Waals surface area contributed by atoms with Gasteiger partial charge in [-0.05, 0) is 24.0 Å². The van der Waals surface area contributed by atoms with Gasteiger partial charge in [-0.25, -0.2) is 0 Å². The van der Waals surface area contributed by atoms with Gasteiger partial charge in [-0.1, -0.05) is 27.7 Å². The van der Waals surface area contributed by atoms with Crippen molar-refractivity contribution in [1.82, 2.24) is 0 Å². The van der Waals surface area contributed by atoms with Crippen molar-refractivity contribution < 1.29 is 19.1 Å². The second kappa shape index (κ2) is 7.31. The Morgan fingerprint density at radius 2 is 1.32 bits per heavy atom. The summed E-state index contributed by atoms with van der Waals surface area (Å²) in [5.74, 6) is 0.188. The van der Waals surface area contributed by atoms with Crippen LogP contribution in [0.4, 0.5) is 0 Å². The fourth-order valence-electron chi connectivity index (χ4n) is 1.91. The fraction of sp³-hybridized carbons (Fsp3) is 0.733. The molecule has 0 saturated carbocycles. The standard InChI is InChI=1S/C15H24O4/c1-10(2)7-14(16)18-12-5-6-13(9-12)19-15(17)8-11(3)4/h5-6,10-13H,7-9H2,1-4H3/t12-,13+. The normalized spacial score (nSPS) is 22.0. The highest BCUT2D eigenvalue weighted by Crippen LogP contribution is 2.19. The third-order valence-electron chi connectivity index (χ3n) is 2.72. The van der Waals surface area contributed by atoms with Gasteiger partial charge in [-0.3, -0.25) is 9.59 Å². The van der Waals surface area contributed by atoms with E-state index >= 15 is 0 Å². The SMILES string of the molecule is CC(C)CC(=O)O[C@@H]1C=C[C@H](OC(=O)CC(C)C)C1. The van der Waals surface area contributed by atoms with Crippen molar-refractivity contribution in [1.29, 1.82) is 0 Å². The first kappa shape index (κ1) is 15.7. The Morgan fingerprint density at radius 3 is 1.63 bits per heavy atom. The molecule has 0 aliphatic heterocycles. The Kier molecular flexibility index (Phi) is 6.06. The van der Waals surface area contributed by atoms with Crippen LogP contribution in [0.3, 0.4) is 0 Å². The molecule has 19 heavy (non-hydrogen) atoms. The van der Waals surface area contributed by atoms with Gasteiger partial charge in [-0.2, -0.15) is 0 Å². The van der Waals surface area contributed by atoms with Gasteiger partial charge < -0.3 is 9.47 Å². The van der Waals surface area contributed by atoms with E-state index in [1.54, 1.807) is 12.2 Å². The summed E-state index contributed by atoms with van der Waals surface area (Å²) in [7, 11) is 0. The first-order valence-corrected chi connectivity index (χ1v) is 6.94. The Hall–Kier alpha value is -1.32. The van der Waals surface area contributed by atoms with E-state index in [9.17, 15) is 9.59 Å². The summed E-state index contributed by atoms with van der Waals surface area (Å²) >= 11 is 0. The predicted octanol–water partition coefficient (Wildman–Crippen LogP) is 2.86. The zero-order valence-corrected chi connectivity index (χ0v) is 12.2. The molecular formula is C15H24O4. The lowest BCUT2D eigenvalue weighted by molar-refractivity contribution is -0.151. The molecule has 0 spiro atoms. The smallest absolute Gasteiger partial charge is 0.306 e. The summed E-state index contributed by atoms with van der Waals surface area (Å²) in [6.07, 6.45) is 4.45. The molecule has 4 heteroatoms. The molecule has 0 aromatic rings. The van der Waals surface area contributed by atoms with E-state index in [0.29, 0.717) is 19.3 Å². The highest BCUT2D eigenvalue weighted by Gasteiger charge is 2.25. The summed E-state index contributed by atoms with van der Waals surface area (Å²) in [5, 5.41) is 0. The van der Waals surface area contributed by atoms with Crippen molar-refractivity contribution in [2.24, 2.45) is 11.8 Å². The number of carbonyl (C=O) groups is 2. The van der Waals surface area contributed by atoms with Gasteiger partial charge in [0, 0.05) is 19.3 Å². The minimum atomic E-state index is -0.261. The third kappa shape index (κ3) is 6.41. The molecule has 0 fully saturated rings. The number of rotatable bonds is 6. The first-order chi connectivity index (χ1) is 8.86. The molecule has 1 aliphatic rings. The van der Waals surface area contributed by atoms with Crippen LogP contribution < -0.4 is 0 Å². The van der Waals surface area contributed by atoms with E-state index in [1.165, 1.54) is 0 Å². The molecule has 0 aromatic carbocycles. The monoisotopic (exact) mass is 268 g/mol. The van der Waals surface area contributed by atoms with Gasteiger partial charge in [0.2, 0.25) is 0 Å². The summed E-state index contributed by atoms with van der Waals surface area (Å²) < 4.78 is 10.6. The fourth-order valence-corrected chi connectivity index (χ4v) is 1.91. The van der Waals surface area contributed by atoms with Gasteiger partial charge in [-0.15, -0.1) is 0 Å². The second-order valence-corrected chi connectivity index (χ2v) is 5.87. The van der Waals surface area contributed by atoms with Crippen molar-refractivity contribution in [3.63, 3.8) is 0 Å². The molecule has 0 heterocycles. The lowest BCUT2D eigenvalue weighted by Crippen LogP contribution is -2.21. The Labute approximate surface area is 115 Å². The molecule has 0 unspecified atom stereocenters. The summed E-state index contributed by atoms with van der Waals surface area (Å²) in [5.41, 5.74) is 0. The molecular weight excluding hydrogens is 244 g/mol. The molecule has 0 bridgehead atoms. The maximum Gasteiger partial charge on any atom is 0.306 e. The van der Waals surface area contributed by atoms with Crippen LogP contribution >= 0.6 is 0 Å².